The molecule has 2 rings (SSSR count). The molecule has 0 radical (unpaired) electrons. The molecule has 0 aliphatic carbocycles. The second-order valence-corrected chi connectivity index (χ2v) is 5.03. The van der Waals surface area contributed by atoms with Crippen molar-refractivity contribution in [1.29, 1.82) is 0 Å². The van der Waals surface area contributed by atoms with E-state index in [2.05, 4.69) is 0 Å². The smallest absolute Gasteiger partial charge is 0.168 e. The lowest BCUT2D eigenvalue weighted by Gasteiger charge is -2.17. The number of ketones is 1. The van der Waals surface area contributed by atoms with E-state index in [0.29, 0.717) is 5.56 Å². The minimum atomic E-state index is -0.548. The van der Waals surface area contributed by atoms with E-state index >= 15 is 0 Å². The Bertz CT molecular complexity index is 475. The molecule has 1 aliphatic rings. The molecule has 18 heavy (non-hydrogen) atoms. The molecule has 4 heteroatoms. The standard InChI is InChI=1S/C14H18FNO2/c1-7-8(2)18-9(3)13(7)14(17)10-4-5-12(16)11(15)6-10/h4-9,13H,16H2,1-3H3. The summed E-state index contributed by atoms with van der Waals surface area (Å²) in [5.74, 6) is -0.706. The lowest BCUT2D eigenvalue weighted by Crippen LogP contribution is -2.27. The number of Topliss-reactive ketones (excluding diaryl/α,β-unsaturated/α-hetero) is 1. The minimum Gasteiger partial charge on any atom is -0.396 e. The molecule has 0 spiro atoms. The average Bonchev–Trinajstić information content (AvgIpc) is 2.56. The first-order chi connectivity index (χ1) is 8.41. The highest BCUT2D eigenvalue weighted by molar-refractivity contribution is 5.98. The van der Waals surface area contributed by atoms with Crippen molar-refractivity contribution < 1.29 is 13.9 Å². The van der Waals surface area contributed by atoms with Gasteiger partial charge in [-0.05, 0) is 38.0 Å². The third-order valence-electron chi connectivity index (χ3n) is 3.83. The van der Waals surface area contributed by atoms with Crippen LogP contribution in [-0.4, -0.2) is 18.0 Å². The highest BCUT2D eigenvalue weighted by atomic mass is 19.1. The van der Waals surface area contributed by atoms with Gasteiger partial charge in [-0.25, -0.2) is 4.39 Å². The molecule has 0 amide bonds. The number of carbonyl (C=O) groups is 1. The van der Waals surface area contributed by atoms with Crippen LogP contribution in [0.25, 0.3) is 0 Å². The van der Waals surface area contributed by atoms with Gasteiger partial charge >= 0.3 is 0 Å². The summed E-state index contributed by atoms with van der Waals surface area (Å²) in [5, 5.41) is 0. The highest BCUT2D eigenvalue weighted by Gasteiger charge is 2.41. The maximum Gasteiger partial charge on any atom is 0.168 e. The molecule has 1 aromatic carbocycles. The predicted molar refractivity (Wildman–Crippen MR) is 67.8 cm³/mol. The number of nitrogen functional groups attached to an aromatic ring is 1. The van der Waals surface area contributed by atoms with E-state index in [-0.39, 0.29) is 35.5 Å². The van der Waals surface area contributed by atoms with Crippen LogP contribution >= 0.6 is 0 Å². The van der Waals surface area contributed by atoms with Crippen LogP contribution in [0.5, 0.6) is 0 Å². The second-order valence-electron chi connectivity index (χ2n) is 5.03. The quantitative estimate of drug-likeness (QED) is 0.649. The summed E-state index contributed by atoms with van der Waals surface area (Å²) < 4.78 is 19.0. The number of ether oxygens (including phenoxy) is 1. The highest BCUT2D eigenvalue weighted by Crippen LogP contribution is 2.34. The fraction of sp³-hybridized carbons (Fsp3) is 0.500. The van der Waals surface area contributed by atoms with Gasteiger partial charge in [0.25, 0.3) is 0 Å². The van der Waals surface area contributed by atoms with Gasteiger partial charge in [0.1, 0.15) is 5.82 Å². The van der Waals surface area contributed by atoms with Gasteiger partial charge in [-0.3, -0.25) is 4.79 Å². The molecular weight excluding hydrogens is 233 g/mol. The van der Waals surface area contributed by atoms with Crippen molar-refractivity contribution in [3.05, 3.63) is 29.6 Å². The van der Waals surface area contributed by atoms with Crippen LogP contribution in [-0.2, 0) is 4.74 Å². The van der Waals surface area contributed by atoms with Crippen LogP contribution in [0, 0.1) is 17.7 Å². The SMILES string of the molecule is CC1OC(C)C(C(=O)c2ccc(N)c(F)c2)C1C. The van der Waals surface area contributed by atoms with Crippen LogP contribution in [0.4, 0.5) is 10.1 Å². The van der Waals surface area contributed by atoms with Gasteiger partial charge in [0.05, 0.1) is 23.8 Å². The Morgan fingerprint density at radius 1 is 1.28 bits per heavy atom. The van der Waals surface area contributed by atoms with E-state index in [9.17, 15) is 9.18 Å². The Hall–Kier alpha value is -1.42. The van der Waals surface area contributed by atoms with Crippen molar-refractivity contribution in [2.45, 2.75) is 33.0 Å². The first-order valence-electron chi connectivity index (χ1n) is 6.16. The zero-order chi connectivity index (χ0) is 13.4. The van der Waals surface area contributed by atoms with Gasteiger partial charge < -0.3 is 10.5 Å². The maximum atomic E-state index is 13.4. The fourth-order valence-corrected chi connectivity index (χ4v) is 2.59. The zero-order valence-electron chi connectivity index (χ0n) is 10.8. The summed E-state index contributed by atoms with van der Waals surface area (Å²) >= 11 is 0. The number of benzene rings is 1. The number of hydrogen-bond donors (Lipinski definition) is 1. The molecular formula is C14H18FNO2. The van der Waals surface area contributed by atoms with Crippen molar-refractivity contribution in [2.75, 3.05) is 5.73 Å². The summed E-state index contributed by atoms with van der Waals surface area (Å²) in [6.45, 7) is 5.83. The molecule has 0 saturated carbocycles. The summed E-state index contributed by atoms with van der Waals surface area (Å²) in [6.07, 6.45) is -0.0873. The zero-order valence-corrected chi connectivity index (χ0v) is 10.8. The van der Waals surface area contributed by atoms with E-state index in [1.54, 1.807) is 6.07 Å². The normalized spacial score (nSPS) is 31.6. The van der Waals surface area contributed by atoms with Crippen LogP contribution in [0.2, 0.25) is 0 Å². The molecule has 2 N–H and O–H groups in total. The minimum absolute atomic E-state index is 0.0487. The first kappa shape index (κ1) is 13.0. The number of nitrogens with two attached hydrogens (primary N) is 1. The molecule has 4 unspecified atom stereocenters. The molecule has 0 aromatic heterocycles. The molecule has 1 aliphatic heterocycles. The largest absolute Gasteiger partial charge is 0.396 e. The number of hydrogen-bond acceptors (Lipinski definition) is 3. The molecule has 4 atom stereocenters. The Kier molecular flexibility index (Phi) is 3.39. The third kappa shape index (κ3) is 2.12. The van der Waals surface area contributed by atoms with E-state index < -0.39 is 5.82 Å². The molecule has 1 saturated heterocycles. The monoisotopic (exact) mass is 251 g/mol. The van der Waals surface area contributed by atoms with Crippen molar-refractivity contribution in [2.24, 2.45) is 11.8 Å². The van der Waals surface area contributed by atoms with Crippen molar-refractivity contribution in [3.63, 3.8) is 0 Å². The number of halogens is 1. The Labute approximate surface area is 106 Å². The van der Waals surface area contributed by atoms with Gasteiger partial charge in [0.15, 0.2) is 5.78 Å². The number of carbonyl (C=O) groups excluding carboxylic acids is 1. The number of anilines is 1. The van der Waals surface area contributed by atoms with Gasteiger partial charge in [-0.15, -0.1) is 0 Å². The first-order valence-corrected chi connectivity index (χ1v) is 6.16. The van der Waals surface area contributed by atoms with Gasteiger partial charge in [-0.1, -0.05) is 6.92 Å². The number of rotatable bonds is 2. The fourth-order valence-electron chi connectivity index (χ4n) is 2.59. The van der Waals surface area contributed by atoms with Gasteiger partial charge in [0, 0.05) is 5.56 Å². The molecule has 1 fully saturated rings. The van der Waals surface area contributed by atoms with Crippen LogP contribution in [0.3, 0.4) is 0 Å². The van der Waals surface area contributed by atoms with Gasteiger partial charge in [0.2, 0.25) is 0 Å². The van der Waals surface area contributed by atoms with E-state index in [0.717, 1.165) is 0 Å². The summed E-state index contributed by atoms with van der Waals surface area (Å²) in [6, 6.07) is 4.21. The van der Waals surface area contributed by atoms with E-state index in [1.165, 1.54) is 12.1 Å². The van der Waals surface area contributed by atoms with Gasteiger partial charge in [-0.2, -0.15) is 0 Å². The van der Waals surface area contributed by atoms with Crippen LogP contribution < -0.4 is 5.73 Å². The Morgan fingerprint density at radius 2 is 1.94 bits per heavy atom. The van der Waals surface area contributed by atoms with E-state index in [4.69, 9.17) is 10.5 Å². The lowest BCUT2D eigenvalue weighted by molar-refractivity contribution is 0.0491. The predicted octanol–water partition coefficient (Wildman–Crippen LogP) is 2.65. The molecule has 3 nitrogen and oxygen atoms in total. The third-order valence-corrected chi connectivity index (χ3v) is 3.83. The molecule has 98 valence electrons. The van der Waals surface area contributed by atoms with Crippen molar-refractivity contribution in [3.8, 4) is 0 Å². The topological polar surface area (TPSA) is 52.3 Å². The lowest BCUT2D eigenvalue weighted by atomic mass is 9.83. The second kappa shape index (κ2) is 4.69. The maximum absolute atomic E-state index is 13.4. The molecule has 1 heterocycles. The van der Waals surface area contributed by atoms with Crippen LogP contribution in [0.1, 0.15) is 31.1 Å². The summed E-state index contributed by atoms with van der Waals surface area (Å²) in [4.78, 5) is 12.4. The summed E-state index contributed by atoms with van der Waals surface area (Å²) in [7, 11) is 0. The van der Waals surface area contributed by atoms with Crippen molar-refractivity contribution in [1.82, 2.24) is 0 Å². The van der Waals surface area contributed by atoms with Crippen molar-refractivity contribution >= 4 is 11.5 Å². The average molecular weight is 251 g/mol. The Balaban J connectivity index is 2.28. The molecule has 1 aromatic rings. The Morgan fingerprint density at radius 3 is 2.44 bits per heavy atom. The van der Waals surface area contributed by atoms with Crippen LogP contribution in [0.15, 0.2) is 18.2 Å². The van der Waals surface area contributed by atoms with E-state index in [1.807, 2.05) is 20.8 Å². The molecule has 0 bridgehead atoms. The summed E-state index contributed by atoms with van der Waals surface area (Å²) in [5.41, 5.74) is 5.83.